The maximum Gasteiger partial charge on any atom is 0.0599 e. The first kappa shape index (κ1) is 11.9. The lowest BCUT2D eigenvalue weighted by molar-refractivity contribution is 0.413. The highest BCUT2D eigenvalue weighted by atomic mass is 15.2. The van der Waals surface area contributed by atoms with Crippen molar-refractivity contribution in [3.63, 3.8) is 0 Å². The number of rotatable bonds is 1. The van der Waals surface area contributed by atoms with Crippen LogP contribution in [-0.2, 0) is 0 Å². The third kappa shape index (κ3) is 2.88. The van der Waals surface area contributed by atoms with Crippen molar-refractivity contribution in [3.05, 3.63) is 36.3 Å². The Morgan fingerprint density at radius 3 is 2.73 bits per heavy atom. The van der Waals surface area contributed by atoms with Gasteiger partial charge in [-0.3, -0.25) is 0 Å². The van der Waals surface area contributed by atoms with Gasteiger partial charge in [-0.25, -0.2) is 0 Å². The van der Waals surface area contributed by atoms with Crippen molar-refractivity contribution in [1.29, 1.82) is 0 Å². The Morgan fingerprint density at radius 2 is 2.20 bits per heavy atom. The fraction of sp³-hybridized carbons (Fsp3) is 0.538. The topological polar surface area (TPSA) is 15.3 Å². The van der Waals surface area contributed by atoms with Crippen LogP contribution < -0.4 is 5.32 Å². The van der Waals surface area contributed by atoms with E-state index < -0.39 is 0 Å². The lowest BCUT2D eigenvalue weighted by Gasteiger charge is -2.25. The average Bonchev–Trinajstić information content (AvgIpc) is 2.68. The van der Waals surface area contributed by atoms with Crippen molar-refractivity contribution in [2.24, 2.45) is 5.92 Å². The van der Waals surface area contributed by atoms with Gasteiger partial charge in [0, 0.05) is 19.3 Å². The molecule has 2 heterocycles. The van der Waals surface area contributed by atoms with E-state index in [1.807, 2.05) is 26.1 Å². The van der Waals surface area contributed by atoms with Crippen LogP contribution in [0.5, 0.6) is 0 Å². The van der Waals surface area contributed by atoms with E-state index in [0.717, 1.165) is 11.6 Å². The Morgan fingerprint density at radius 1 is 1.47 bits per heavy atom. The summed E-state index contributed by atoms with van der Waals surface area (Å²) in [5.41, 5.74) is 2.28. The first-order valence-electron chi connectivity index (χ1n) is 5.85. The van der Waals surface area contributed by atoms with Gasteiger partial charge in [-0.2, -0.15) is 0 Å². The quantitative estimate of drug-likeness (QED) is 0.709. The lowest BCUT2D eigenvalue weighted by Crippen LogP contribution is -2.25. The van der Waals surface area contributed by atoms with Gasteiger partial charge in [0.05, 0.1) is 11.4 Å². The van der Waals surface area contributed by atoms with Gasteiger partial charge < -0.3 is 10.2 Å². The van der Waals surface area contributed by atoms with Crippen LogP contribution in [0, 0.1) is 5.92 Å². The molecule has 1 fully saturated rings. The van der Waals surface area contributed by atoms with E-state index in [-0.39, 0.29) is 0 Å². The highest BCUT2D eigenvalue weighted by Gasteiger charge is 2.22. The van der Waals surface area contributed by atoms with Gasteiger partial charge in [0.2, 0.25) is 0 Å². The van der Waals surface area contributed by atoms with Gasteiger partial charge in [0.1, 0.15) is 0 Å². The molecule has 2 aliphatic rings. The van der Waals surface area contributed by atoms with Crippen LogP contribution in [0.1, 0.15) is 27.2 Å². The maximum atomic E-state index is 3.99. The van der Waals surface area contributed by atoms with Gasteiger partial charge in [0.15, 0.2) is 0 Å². The largest absolute Gasteiger partial charge is 0.370 e. The molecule has 2 aliphatic heterocycles. The molecule has 15 heavy (non-hydrogen) atoms. The fourth-order valence-electron chi connectivity index (χ4n) is 1.91. The zero-order valence-electron chi connectivity index (χ0n) is 10.1. The second-order valence-corrected chi connectivity index (χ2v) is 3.87. The van der Waals surface area contributed by atoms with Gasteiger partial charge in [-0.1, -0.05) is 27.4 Å². The number of nitrogens with one attached hydrogen (secondary N) is 1. The summed E-state index contributed by atoms with van der Waals surface area (Å²) in [7, 11) is 0. The molecule has 0 aromatic rings. The summed E-state index contributed by atoms with van der Waals surface area (Å²) >= 11 is 0. The Balaban J connectivity index is 0.000000531. The number of nitrogens with zero attached hydrogens (tertiary/aromatic N) is 1. The van der Waals surface area contributed by atoms with Gasteiger partial charge >= 0.3 is 0 Å². The van der Waals surface area contributed by atoms with E-state index >= 15 is 0 Å². The van der Waals surface area contributed by atoms with E-state index in [4.69, 9.17) is 0 Å². The van der Waals surface area contributed by atoms with Gasteiger partial charge in [0.25, 0.3) is 0 Å². The number of allylic oxidation sites excluding steroid dienone is 2. The molecule has 0 amide bonds. The SMILES string of the molecule is C=C1NC=CC=C1N1CCC(C)C1.CC. The summed E-state index contributed by atoms with van der Waals surface area (Å²) < 4.78 is 0. The van der Waals surface area contributed by atoms with E-state index in [0.29, 0.717) is 0 Å². The summed E-state index contributed by atoms with van der Waals surface area (Å²) in [6.07, 6.45) is 7.39. The second-order valence-electron chi connectivity index (χ2n) is 3.87. The van der Waals surface area contributed by atoms with Crippen molar-refractivity contribution in [2.75, 3.05) is 13.1 Å². The first-order chi connectivity index (χ1) is 7.27. The van der Waals surface area contributed by atoms with Crippen molar-refractivity contribution in [1.82, 2.24) is 10.2 Å². The highest BCUT2D eigenvalue weighted by molar-refractivity contribution is 5.34. The van der Waals surface area contributed by atoms with E-state index in [2.05, 4.69) is 29.8 Å². The molecule has 1 saturated heterocycles. The van der Waals surface area contributed by atoms with Crippen LogP contribution in [-0.4, -0.2) is 18.0 Å². The smallest absolute Gasteiger partial charge is 0.0599 e. The van der Waals surface area contributed by atoms with Crippen molar-refractivity contribution >= 4 is 0 Å². The molecule has 0 bridgehead atoms. The van der Waals surface area contributed by atoms with Crippen molar-refractivity contribution < 1.29 is 0 Å². The molecule has 0 aromatic heterocycles. The van der Waals surface area contributed by atoms with Crippen molar-refractivity contribution in [2.45, 2.75) is 27.2 Å². The van der Waals surface area contributed by atoms with E-state index in [1.54, 1.807) is 0 Å². The molecule has 1 N–H and O–H groups in total. The standard InChI is InChI=1S/C11H16N2.C2H6/c1-9-5-7-13(8-9)11-4-3-6-12-10(11)2;1-2/h3-4,6,9,12H,2,5,7-8H2,1H3;1-2H3. The van der Waals surface area contributed by atoms with E-state index in [9.17, 15) is 0 Å². The van der Waals surface area contributed by atoms with Crippen LogP contribution in [0.2, 0.25) is 0 Å². The molecular weight excluding hydrogens is 184 g/mol. The Bertz CT molecular complexity index is 276. The summed E-state index contributed by atoms with van der Waals surface area (Å²) in [6, 6.07) is 0. The zero-order valence-corrected chi connectivity index (χ0v) is 10.1. The minimum Gasteiger partial charge on any atom is -0.370 e. The molecule has 2 nitrogen and oxygen atoms in total. The Labute approximate surface area is 93.4 Å². The summed E-state index contributed by atoms with van der Waals surface area (Å²) in [4.78, 5) is 2.41. The van der Waals surface area contributed by atoms with Crippen LogP contribution in [0.25, 0.3) is 0 Å². The summed E-state index contributed by atoms with van der Waals surface area (Å²) in [6.45, 7) is 12.6. The first-order valence-corrected chi connectivity index (χ1v) is 5.85. The minimum absolute atomic E-state index is 0.819. The monoisotopic (exact) mass is 206 g/mol. The molecule has 84 valence electrons. The van der Waals surface area contributed by atoms with Crippen LogP contribution in [0.3, 0.4) is 0 Å². The summed E-state index contributed by atoms with van der Waals surface area (Å²) in [5, 5.41) is 3.14. The molecule has 0 aromatic carbocycles. The molecule has 0 radical (unpaired) electrons. The minimum atomic E-state index is 0.819. The third-order valence-corrected chi connectivity index (χ3v) is 2.68. The maximum absolute atomic E-state index is 3.99. The molecule has 0 saturated carbocycles. The average molecular weight is 206 g/mol. The number of hydrogen-bond donors (Lipinski definition) is 1. The number of likely N-dealkylation sites (tertiary alicyclic amines) is 1. The molecule has 2 heteroatoms. The predicted molar refractivity (Wildman–Crippen MR) is 66.2 cm³/mol. The van der Waals surface area contributed by atoms with Crippen LogP contribution >= 0.6 is 0 Å². The Hall–Kier alpha value is -1.18. The normalized spacial score (nSPS) is 24.2. The van der Waals surface area contributed by atoms with Crippen LogP contribution in [0.4, 0.5) is 0 Å². The molecule has 2 rings (SSSR count). The molecular formula is C13H22N2. The zero-order chi connectivity index (χ0) is 11.3. The number of hydrogen-bond acceptors (Lipinski definition) is 2. The third-order valence-electron chi connectivity index (χ3n) is 2.68. The Kier molecular flexibility index (Phi) is 4.47. The van der Waals surface area contributed by atoms with Crippen LogP contribution in [0.15, 0.2) is 36.3 Å². The van der Waals surface area contributed by atoms with E-state index in [1.165, 1.54) is 25.2 Å². The molecule has 0 spiro atoms. The lowest BCUT2D eigenvalue weighted by atomic mass is 10.2. The van der Waals surface area contributed by atoms with Crippen molar-refractivity contribution in [3.8, 4) is 0 Å². The van der Waals surface area contributed by atoms with Gasteiger partial charge in [-0.15, -0.1) is 0 Å². The fourth-order valence-corrected chi connectivity index (χ4v) is 1.91. The summed E-state index contributed by atoms with van der Waals surface area (Å²) in [5.74, 6) is 0.819. The highest BCUT2D eigenvalue weighted by Crippen LogP contribution is 2.23. The molecule has 0 aliphatic carbocycles. The molecule has 1 atom stereocenters. The van der Waals surface area contributed by atoms with Gasteiger partial charge in [-0.05, 0) is 24.5 Å². The molecule has 1 unspecified atom stereocenters. The second kappa shape index (κ2) is 5.64. The predicted octanol–water partition coefficient (Wildman–Crippen LogP) is 2.87. The number of dihydropyridines is 1.